The third-order valence-corrected chi connectivity index (χ3v) is 4.14. The molecule has 4 heteroatoms. The van der Waals surface area contributed by atoms with Crippen LogP contribution in [-0.4, -0.2) is 48.3 Å². The van der Waals surface area contributed by atoms with Crippen molar-refractivity contribution >= 4 is 5.97 Å². The second-order valence-electron chi connectivity index (χ2n) is 6.53. The van der Waals surface area contributed by atoms with Gasteiger partial charge in [-0.15, -0.1) is 0 Å². The Bertz CT molecular complexity index is 318. The van der Waals surface area contributed by atoms with E-state index in [2.05, 4.69) is 18.7 Å². The second-order valence-corrected chi connectivity index (χ2v) is 6.53. The molecule has 142 valence electrons. The number of nitrogens with zero attached hydrogens (tertiary/aromatic N) is 1. The molecule has 0 aromatic heterocycles. The number of aliphatic hydroxyl groups is 1. The molecule has 1 unspecified atom stereocenters. The molecule has 0 rings (SSSR count). The Kier molecular flexibility index (Phi) is 16.4. The van der Waals surface area contributed by atoms with Crippen LogP contribution in [0, 0.1) is 0 Å². The molecule has 0 spiro atoms. The lowest BCUT2D eigenvalue weighted by molar-refractivity contribution is -0.138. The standard InChI is InChI=1S/C20H39NO3/c1-4-7-9-10-11-12-15-21(18-19(22)14-8-5-2)16-17-24-20(23)13-6-3/h6,13,19,22H,4-5,7-12,14-18H2,1-3H3/b13-6+. The molecule has 0 aromatic rings. The molecule has 1 atom stereocenters. The number of esters is 1. The van der Waals surface area contributed by atoms with Crippen molar-refractivity contribution in [1.82, 2.24) is 4.90 Å². The Morgan fingerprint density at radius 1 is 1.04 bits per heavy atom. The van der Waals surface area contributed by atoms with Gasteiger partial charge in [-0.3, -0.25) is 4.90 Å². The first kappa shape index (κ1) is 23.1. The van der Waals surface area contributed by atoms with E-state index in [1.807, 2.05) is 0 Å². The Balaban J connectivity index is 4.10. The van der Waals surface area contributed by atoms with E-state index in [0.717, 1.165) is 32.2 Å². The smallest absolute Gasteiger partial charge is 0.330 e. The van der Waals surface area contributed by atoms with Gasteiger partial charge in [0.1, 0.15) is 6.61 Å². The molecule has 0 saturated carbocycles. The second kappa shape index (κ2) is 17.0. The number of allylic oxidation sites excluding steroid dienone is 1. The van der Waals surface area contributed by atoms with Crippen molar-refractivity contribution in [2.45, 2.75) is 84.7 Å². The van der Waals surface area contributed by atoms with Gasteiger partial charge in [0.15, 0.2) is 0 Å². The highest BCUT2D eigenvalue weighted by Gasteiger charge is 2.12. The van der Waals surface area contributed by atoms with Gasteiger partial charge in [-0.2, -0.15) is 0 Å². The van der Waals surface area contributed by atoms with Crippen LogP contribution in [0.25, 0.3) is 0 Å². The van der Waals surface area contributed by atoms with Gasteiger partial charge in [0.25, 0.3) is 0 Å². The summed E-state index contributed by atoms with van der Waals surface area (Å²) in [5.41, 5.74) is 0. The topological polar surface area (TPSA) is 49.8 Å². The average Bonchev–Trinajstić information content (AvgIpc) is 2.56. The van der Waals surface area contributed by atoms with Gasteiger partial charge in [0.05, 0.1) is 6.10 Å². The van der Waals surface area contributed by atoms with Gasteiger partial charge >= 0.3 is 5.97 Å². The maximum atomic E-state index is 11.4. The fourth-order valence-corrected chi connectivity index (χ4v) is 2.70. The molecule has 0 aliphatic rings. The summed E-state index contributed by atoms with van der Waals surface area (Å²) in [5, 5.41) is 10.2. The van der Waals surface area contributed by atoms with E-state index in [0.29, 0.717) is 19.7 Å². The first-order valence-electron chi connectivity index (χ1n) is 9.83. The van der Waals surface area contributed by atoms with Crippen molar-refractivity contribution in [1.29, 1.82) is 0 Å². The number of hydrogen-bond donors (Lipinski definition) is 1. The number of unbranched alkanes of at least 4 members (excludes halogenated alkanes) is 6. The van der Waals surface area contributed by atoms with Crippen molar-refractivity contribution in [3.05, 3.63) is 12.2 Å². The highest BCUT2D eigenvalue weighted by atomic mass is 16.5. The van der Waals surface area contributed by atoms with E-state index in [-0.39, 0.29) is 12.1 Å². The van der Waals surface area contributed by atoms with Crippen LogP contribution in [0.1, 0.15) is 78.6 Å². The molecule has 0 bridgehead atoms. The highest BCUT2D eigenvalue weighted by Crippen LogP contribution is 2.08. The minimum absolute atomic E-state index is 0.281. The van der Waals surface area contributed by atoms with E-state index in [9.17, 15) is 9.90 Å². The van der Waals surface area contributed by atoms with E-state index in [4.69, 9.17) is 4.74 Å². The fourth-order valence-electron chi connectivity index (χ4n) is 2.70. The minimum atomic E-state index is -0.288. The van der Waals surface area contributed by atoms with Gasteiger partial charge in [0.2, 0.25) is 0 Å². The van der Waals surface area contributed by atoms with Crippen LogP contribution in [0.4, 0.5) is 0 Å². The summed E-state index contributed by atoms with van der Waals surface area (Å²) in [6, 6.07) is 0. The maximum Gasteiger partial charge on any atom is 0.330 e. The molecular formula is C20H39NO3. The Hall–Kier alpha value is -0.870. The van der Waals surface area contributed by atoms with Crippen LogP contribution < -0.4 is 0 Å². The third kappa shape index (κ3) is 14.7. The summed E-state index contributed by atoms with van der Waals surface area (Å²) in [6.07, 6.45) is 13.4. The van der Waals surface area contributed by atoms with Crippen LogP contribution in [0.15, 0.2) is 12.2 Å². The van der Waals surface area contributed by atoms with E-state index < -0.39 is 0 Å². The lowest BCUT2D eigenvalue weighted by atomic mass is 10.1. The minimum Gasteiger partial charge on any atom is -0.461 e. The monoisotopic (exact) mass is 341 g/mol. The van der Waals surface area contributed by atoms with Crippen molar-refractivity contribution in [2.75, 3.05) is 26.2 Å². The van der Waals surface area contributed by atoms with Crippen LogP contribution in [0.5, 0.6) is 0 Å². The van der Waals surface area contributed by atoms with Crippen LogP contribution in [0.3, 0.4) is 0 Å². The summed E-state index contributed by atoms with van der Waals surface area (Å²) in [7, 11) is 0. The average molecular weight is 342 g/mol. The highest BCUT2D eigenvalue weighted by molar-refractivity contribution is 5.81. The molecule has 0 amide bonds. The Morgan fingerprint density at radius 2 is 1.71 bits per heavy atom. The quantitative estimate of drug-likeness (QED) is 0.258. The van der Waals surface area contributed by atoms with Crippen molar-refractivity contribution in [3.8, 4) is 0 Å². The van der Waals surface area contributed by atoms with Crippen molar-refractivity contribution in [2.24, 2.45) is 0 Å². The molecule has 4 nitrogen and oxygen atoms in total. The number of carbonyl (C=O) groups excluding carboxylic acids is 1. The number of rotatable bonds is 16. The molecular weight excluding hydrogens is 302 g/mol. The summed E-state index contributed by atoms with van der Waals surface area (Å²) < 4.78 is 5.19. The summed E-state index contributed by atoms with van der Waals surface area (Å²) in [6.45, 7) is 8.90. The molecule has 0 heterocycles. The number of hydrogen-bond acceptors (Lipinski definition) is 4. The molecule has 0 aliphatic carbocycles. The van der Waals surface area contributed by atoms with Crippen molar-refractivity contribution in [3.63, 3.8) is 0 Å². The molecule has 0 aromatic carbocycles. The Labute approximate surface area is 149 Å². The first-order valence-corrected chi connectivity index (χ1v) is 9.83. The first-order chi connectivity index (χ1) is 11.6. The van der Waals surface area contributed by atoms with Crippen LogP contribution >= 0.6 is 0 Å². The van der Waals surface area contributed by atoms with Gasteiger partial charge < -0.3 is 9.84 Å². The van der Waals surface area contributed by atoms with Crippen LogP contribution in [0.2, 0.25) is 0 Å². The summed E-state index contributed by atoms with van der Waals surface area (Å²) in [4.78, 5) is 13.6. The number of aliphatic hydroxyl groups excluding tert-OH is 1. The molecule has 0 aliphatic heterocycles. The summed E-state index contributed by atoms with van der Waals surface area (Å²) in [5.74, 6) is -0.288. The molecule has 0 saturated heterocycles. The lowest BCUT2D eigenvalue weighted by Gasteiger charge is -2.25. The number of ether oxygens (including phenoxy) is 1. The van der Waals surface area contributed by atoms with Gasteiger partial charge in [-0.25, -0.2) is 4.79 Å². The number of carbonyl (C=O) groups is 1. The molecule has 1 N–H and O–H groups in total. The SMILES string of the molecule is C/C=C/C(=O)OCCN(CCCCCCCC)CC(O)CCCC. The zero-order chi connectivity index (χ0) is 18.0. The van der Waals surface area contributed by atoms with E-state index in [1.165, 1.54) is 38.2 Å². The zero-order valence-electron chi connectivity index (χ0n) is 16.1. The molecule has 0 radical (unpaired) electrons. The van der Waals surface area contributed by atoms with E-state index in [1.54, 1.807) is 13.0 Å². The van der Waals surface area contributed by atoms with E-state index >= 15 is 0 Å². The molecule has 0 fully saturated rings. The summed E-state index contributed by atoms with van der Waals surface area (Å²) >= 11 is 0. The predicted molar refractivity (Wildman–Crippen MR) is 101 cm³/mol. The molecule has 24 heavy (non-hydrogen) atoms. The fraction of sp³-hybridized carbons (Fsp3) is 0.850. The third-order valence-electron chi connectivity index (χ3n) is 4.14. The lowest BCUT2D eigenvalue weighted by Crippen LogP contribution is -2.36. The van der Waals surface area contributed by atoms with Crippen molar-refractivity contribution < 1.29 is 14.6 Å². The van der Waals surface area contributed by atoms with Gasteiger partial charge in [-0.1, -0.05) is 64.9 Å². The predicted octanol–water partition coefficient (Wildman–Crippen LogP) is 4.32. The van der Waals surface area contributed by atoms with Gasteiger partial charge in [-0.05, 0) is 26.3 Å². The zero-order valence-corrected chi connectivity index (χ0v) is 16.1. The maximum absolute atomic E-state index is 11.4. The van der Waals surface area contributed by atoms with Crippen LogP contribution in [-0.2, 0) is 9.53 Å². The van der Waals surface area contributed by atoms with Gasteiger partial charge in [0, 0.05) is 19.2 Å². The largest absolute Gasteiger partial charge is 0.461 e. The Morgan fingerprint density at radius 3 is 2.38 bits per heavy atom. The normalized spacial score (nSPS) is 12.9.